The summed E-state index contributed by atoms with van der Waals surface area (Å²) in [7, 11) is 5.24. The van der Waals surface area contributed by atoms with Crippen LogP contribution in [0.5, 0.6) is 0 Å². The van der Waals surface area contributed by atoms with Gasteiger partial charge in [-0.3, -0.25) is 0 Å². The van der Waals surface area contributed by atoms with Crippen molar-refractivity contribution in [3.63, 3.8) is 0 Å². The first-order valence-electron chi connectivity index (χ1n) is 4.37. The minimum absolute atomic E-state index is 1.07. The van der Waals surface area contributed by atoms with Crippen LogP contribution in [0.3, 0.4) is 0 Å². The van der Waals surface area contributed by atoms with Crippen molar-refractivity contribution in [2.24, 2.45) is 0 Å². The molecule has 13 heavy (non-hydrogen) atoms. The summed E-state index contributed by atoms with van der Waals surface area (Å²) in [5.74, 6) is 0. The van der Waals surface area contributed by atoms with Crippen molar-refractivity contribution >= 4 is 25.6 Å². The maximum Gasteiger partial charge on any atom is 0.0374 e. The Labute approximate surface area is 85.3 Å². The average Bonchev–Trinajstić information content (AvgIpc) is 2.47. The number of anilines is 1. The molecule has 3 heteroatoms. The smallest absolute Gasteiger partial charge is 0.0374 e. The van der Waals surface area contributed by atoms with Crippen LogP contribution in [0.25, 0.3) is 0 Å². The van der Waals surface area contributed by atoms with E-state index in [2.05, 4.69) is 36.0 Å². The Morgan fingerprint density at radius 2 is 2.15 bits per heavy atom. The normalized spacial score (nSPS) is 16.5. The van der Waals surface area contributed by atoms with Gasteiger partial charge in [-0.15, -0.1) is 9.24 Å². The van der Waals surface area contributed by atoms with Crippen molar-refractivity contribution < 1.29 is 0 Å². The van der Waals surface area contributed by atoms with Crippen molar-refractivity contribution in [2.75, 3.05) is 24.4 Å². The fourth-order valence-electron chi connectivity index (χ4n) is 1.58. The van der Waals surface area contributed by atoms with Gasteiger partial charge in [0.25, 0.3) is 0 Å². The highest BCUT2D eigenvalue weighted by molar-refractivity contribution is 8.50. The molecule has 0 saturated carbocycles. The first-order chi connectivity index (χ1) is 6.07. The second kappa shape index (κ2) is 3.10. The van der Waals surface area contributed by atoms with Crippen molar-refractivity contribution in [3.05, 3.63) is 23.8 Å². The average molecular weight is 216 g/mol. The quantitative estimate of drug-likeness (QED) is 0.759. The Hall–Kier alpha value is -0.340. The summed E-state index contributed by atoms with van der Waals surface area (Å²) in [4.78, 5) is 1.29. The zero-order valence-electron chi connectivity index (χ0n) is 7.93. The number of halogens is 1. The van der Waals surface area contributed by atoms with Gasteiger partial charge in [-0.25, -0.2) is 0 Å². The van der Waals surface area contributed by atoms with E-state index in [0.29, 0.717) is 0 Å². The zero-order valence-corrected chi connectivity index (χ0v) is 9.50. The molecule has 0 fully saturated rings. The van der Waals surface area contributed by atoms with E-state index in [1.807, 2.05) is 0 Å². The van der Waals surface area contributed by atoms with Crippen LogP contribution in [0.1, 0.15) is 5.56 Å². The Morgan fingerprint density at radius 1 is 1.38 bits per heavy atom. The SMILES string of the molecule is CS(C)(Cl)c1ccc2c(c1)CCN2. The van der Waals surface area contributed by atoms with Gasteiger partial charge in [0.15, 0.2) is 0 Å². The van der Waals surface area contributed by atoms with Crippen molar-refractivity contribution in [2.45, 2.75) is 11.3 Å². The van der Waals surface area contributed by atoms with Gasteiger partial charge in [-0.2, -0.15) is 0 Å². The topological polar surface area (TPSA) is 12.0 Å². The first-order valence-corrected chi connectivity index (χ1v) is 7.65. The van der Waals surface area contributed by atoms with E-state index in [4.69, 9.17) is 10.7 Å². The standard InChI is InChI=1S/C10H14ClNS/c1-13(2,11)9-3-4-10-8(7-9)5-6-12-10/h3-4,7,12H,5-6H2,1-2H3. The second-order valence-electron chi connectivity index (χ2n) is 3.70. The number of hydrogen-bond acceptors (Lipinski definition) is 1. The zero-order chi connectivity index (χ0) is 9.47. The van der Waals surface area contributed by atoms with E-state index in [1.165, 1.54) is 16.1 Å². The molecule has 0 unspecified atom stereocenters. The Kier molecular flexibility index (Phi) is 2.20. The van der Waals surface area contributed by atoms with Crippen LogP contribution in [0.15, 0.2) is 23.1 Å². The van der Waals surface area contributed by atoms with Crippen LogP contribution < -0.4 is 5.32 Å². The van der Waals surface area contributed by atoms with Gasteiger partial charge < -0.3 is 5.32 Å². The molecular formula is C10H14ClNS. The monoisotopic (exact) mass is 215 g/mol. The lowest BCUT2D eigenvalue weighted by molar-refractivity contribution is 1.10. The minimum Gasteiger partial charge on any atom is -0.384 e. The Bertz CT molecular complexity index is 330. The van der Waals surface area contributed by atoms with Gasteiger partial charge in [0, 0.05) is 17.1 Å². The largest absolute Gasteiger partial charge is 0.384 e. The molecule has 72 valence electrons. The molecule has 1 heterocycles. The lowest BCUT2D eigenvalue weighted by Gasteiger charge is -2.22. The van der Waals surface area contributed by atoms with Gasteiger partial charge in [0.1, 0.15) is 0 Å². The summed E-state index contributed by atoms with van der Waals surface area (Å²) in [6.07, 6.45) is 5.35. The molecule has 0 radical (unpaired) electrons. The molecule has 0 amide bonds. The van der Waals surface area contributed by atoms with Crippen LogP contribution >= 0.6 is 19.9 Å². The number of fused-ring (bicyclic) bond motifs is 1. The highest BCUT2D eigenvalue weighted by Gasteiger charge is 2.15. The summed E-state index contributed by atoms with van der Waals surface area (Å²) in [6.45, 7) is 1.07. The Morgan fingerprint density at radius 3 is 2.85 bits per heavy atom. The molecule has 2 rings (SSSR count). The number of hydrogen-bond donors (Lipinski definition) is 1. The molecule has 0 aliphatic carbocycles. The van der Waals surface area contributed by atoms with Gasteiger partial charge in [-0.1, -0.05) is 10.7 Å². The molecule has 0 aromatic heterocycles. The third-order valence-corrected chi connectivity index (χ3v) is 4.26. The van der Waals surface area contributed by atoms with E-state index in [0.717, 1.165) is 13.0 Å². The highest BCUT2D eigenvalue weighted by atomic mass is 35.7. The molecule has 0 spiro atoms. The van der Waals surface area contributed by atoms with Crippen molar-refractivity contribution in [1.82, 2.24) is 0 Å². The fourth-order valence-corrected chi connectivity index (χ4v) is 2.69. The molecule has 1 aromatic carbocycles. The minimum atomic E-state index is -1.08. The number of nitrogens with one attached hydrogen (secondary N) is 1. The van der Waals surface area contributed by atoms with Crippen molar-refractivity contribution in [3.8, 4) is 0 Å². The van der Waals surface area contributed by atoms with Crippen LogP contribution in [-0.4, -0.2) is 19.1 Å². The van der Waals surface area contributed by atoms with Crippen LogP contribution in [0, 0.1) is 0 Å². The summed E-state index contributed by atoms with van der Waals surface area (Å²) in [5.41, 5.74) is 2.70. The molecule has 0 atom stereocenters. The maximum absolute atomic E-state index is 6.32. The summed E-state index contributed by atoms with van der Waals surface area (Å²) < 4.78 is 0. The summed E-state index contributed by atoms with van der Waals surface area (Å²) in [6, 6.07) is 6.53. The first kappa shape index (κ1) is 9.22. The van der Waals surface area contributed by atoms with E-state index in [9.17, 15) is 0 Å². The number of benzene rings is 1. The van der Waals surface area contributed by atoms with E-state index in [-0.39, 0.29) is 0 Å². The molecule has 1 N–H and O–H groups in total. The van der Waals surface area contributed by atoms with Crippen molar-refractivity contribution in [1.29, 1.82) is 0 Å². The molecule has 1 nitrogen and oxygen atoms in total. The molecule has 0 bridgehead atoms. The van der Waals surface area contributed by atoms with Gasteiger partial charge in [-0.05, 0) is 42.7 Å². The summed E-state index contributed by atoms with van der Waals surface area (Å²) in [5, 5.41) is 3.34. The van der Waals surface area contributed by atoms with E-state index in [1.54, 1.807) is 0 Å². The highest BCUT2D eigenvalue weighted by Crippen LogP contribution is 2.54. The molecule has 1 aromatic rings. The maximum atomic E-state index is 6.32. The van der Waals surface area contributed by atoms with E-state index >= 15 is 0 Å². The predicted molar refractivity (Wildman–Crippen MR) is 62.2 cm³/mol. The summed E-state index contributed by atoms with van der Waals surface area (Å²) >= 11 is 0. The van der Waals surface area contributed by atoms with Gasteiger partial charge >= 0.3 is 0 Å². The van der Waals surface area contributed by atoms with Gasteiger partial charge in [0.05, 0.1) is 0 Å². The van der Waals surface area contributed by atoms with Crippen LogP contribution in [0.4, 0.5) is 5.69 Å². The van der Waals surface area contributed by atoms with E-state index < -0.39 is 9.24 Å². The molecule has 0 saturated heterocycles. The lowest BCUT2D eigenvalue weighted by Crippen LogP contribution is -1.90. The third-order valence-electron chi connectivity index (χ3n) is 2.35. The number of rotatable bonds is 1. The molecule has 1 aliphatic rings. The molecule has 1 aliphatic heterocycles. The fraction of sp³-hybridized carbons (Fsp3) is 0.400. The van der Waals surface area contributed by atoms with Crippen LogP contribution in [-0.2, 0) is 6.42 Å². The molecular weight excluding hydrogens is 202 g/mol. The van der Waals surface area contributed by atoms with Gasteiger partial charge in [0.2, 0.25) is 0 Å². The second-order valence-corrected chi connectivity index (χ2v) is 8.89. The lowest BCUT2D eigenvalue weighted by atomic mass is 10.2. The predicted octanol–water partition coefficient (Wildman–Crippen LogP) is 3.23. The third kappa shape index (κ3) is 1.79. The Balaban J connectivity index is 2.42. The van der Waals surface area contributed by atoms with Crippen LogP contribution in [0.2, 0.25) is 0 Å².